The summed E-state index contributed by atoms with van der Waals surface area (Å²) in [5.41, 5.74) is 0. The molecule has 2 aromatic rings. The van der Waals surface area contributed by atoms with Crippen LogP contribution in [0.4, 0.5) is 5.88 Å². The minimum atomic E-state index is -0.784. The molecule has 0 aliphatic rings. The molecule has 0 radical (unpaired) electrons. The number of carbonyl (C=O) groups excluding carboxylic acids is 1. The van der Waals surface area contributed by atoms with Crippen molar-refractivity contribution in [3.63, 3.8) is 0 Å². The van der Waals surface area contributed by atoms with Gasteiger partial charge >= 0.3 is 11.9 Å². The molecule has 1 aromatic carbocycles. The highest BCUT2D eigenvalue weighted by atomic mass is 16.7. The van der Waals surface area contributed by atoms with Crippen molar-refractivity contribution in [2.75, 3.05) is 19.8 Å². The van der Waals surface area contributed by atoms with Gasteiger partial charge < -0.3 is 18.6 Å². The second-order valence-corrected chi connectivity index (χ2v) is 4.28. The first kappa shape index (κ1) is 16.3. The Kier molecular flexibility index (Phi) is 5.56. The van der Waals surface area contributed by atoms with Crippen molar-refractivity contribution in [1.29, 1.82) is 0 Å². The molecule has 0 saturated heterocycles. The molecule has 1 heterocycles. The molecule has 1 aromatic heterocycles. The minimum Gasteiger partial charge on any atom is -0.494 e. The Morgan fingerprint density at radius 3 is 2.30 bits per heavy atom. The van der Waals surface area contributed by atoms with Crippen molar-refractivity contribution in [2.45, 2.75) is 6.92 Å². The molecular formula is C15H15NO7. The van der Waals surface area contributed by atoms with Gasteiger partial charge in [0.25, 0.3) is 0 Å². The molecular weight excluding hydrogens is 306 g/mol. The SMILES string of the molecule is CCOc1ccc(OCCOC(=O)c2ccc([N+](=O)[O-])o2)cc1. The molecule has 0 unspecified atom stereocenters. The van der Waals surface area contributed by atoms with Gasteiger partial charge in [-0.2, -0.15) is 0 Å². The Morgan fingerprint density at radius 1 is 1.09 bits per heavy atom. The van der Waals surface area contributed by atoms with Crippen LogP contribution in [0.15, 0.2) is 40.8 Å². The first-order valence-electron chi connectivity index (χ1n) is 6.87. The van der Waals surface area contributed by atoms with E-state index in [0.717, 1.165) is 11.8 Å². The monoisotopic (exact) mass is 321 g/mol. The van der Waals surface area contributed by atoms with Crippen molar-refractivity contribution < 1.29 is 28.3 Å². The number of benzene rings is 1. The van der Waals surface area contributed by atoms with Gasteiger partial charge in [0.15, 0.2) is 0 Å². The normalized spacial score (nSPS) is 10.1. The van der Waals surface area contributed by atoms with Crippen molar-refractivity contribution in [3.8, 4) is 11.5 Å². The molecule has 0 aliphatic heterocycles. The third-order valence-corrected chi connectivity index (χ3v) is 2.69. The van der Waals surface area contributed by atoms with Crippen molar-refractivity contribution in [2.24, 2.45) is 0 Å². The number of rotatable bonds is 8. The third-order valence-electron chi connectivity index (χ3n) is 2.69. The van der Waals surface area contributed by atoms with Crippen LogP contribution in [0.2, 0.25) is 0 Å². The summed E-state index contributed by atoms with van der Waals surface area (Å²) in [4.78, 5) is 21.3. The van der Waals surface area contributed by atoms with Crippen LogP contribution in [-0.2, 0) is 4.74 Å². The van der Waals surface area contributed by atoms with Crippen molar-refractivity contribution in [3.05, 3.63) is 52.3 Å². The molecule has 0 amide bonds. The van der Waals surface area contributed by atoms with E-state index in [1.165, 1.54) is 6.07 Å². The predicted molar refractivity (Wildman–Crippen MR) is 78.8 cm³/mol. The van der Waals surface area contributed by atoms with Crippen LogP contribution in [0.25, 0.3) is 0 Å². The van der Waals surface area contributed by atoms with E-state index < -0.39 is 16.8 Å². The van der Waals surface area contributed by atoms with E-state index in [9.17, 15) is 14.9 Å². The standard InChI is InChI=1S/C15H15NO7/c1-2-20-11-3-5-12(6-4-11)21-9-10-22-15(17)13-7-8-14(23-13)16(18)19/h3-8H,2,9-10H2,1H3. The second-order valence-electron chi connectivity index (χ2n) is 4.28. The lowest BCUT2D eigenvalue weighted by Crippen LogP contribution is -2.11. The third kappa shape index (κ3) is 4.73. The fourth-order valence-electron chi connectivity index (χ4n) is 1.70. The number of ether oxygens (including phenoxy) is 3. The van der Waals surface area contributed by atoms with Gasteiger partial charge in [0.05, 0.1) is 12.7 Å². The van der Waals surface area contributed by atoms with Gasteiger partial charge in [0.2, 0.25) is 5.76 Å². The smallest absolute Gasteiger partial charge is 0.433 e. The van der Waals surface area contributed by atoms with Crippen LogP contribution < -0.4 is 9.47 Å². The Bertz CT molecular complexity index is 663. The predicted octanol–water partition coefficient (Wildman–Crippen LogP) is 2.82. The molecule has 0 spiro atoms. The number of carbonyl (C=O) groups is 1. The summed E-state index contributed by atoms with van der Waals surface area (Å²) in [7, 11) is 0. The van der Waals surface area contributed by atoms with Gasteiger partial charge in [0, 0.05) is 0 Å². The molecule has 0 atom stereocenters. The Balaban J connectivity index is 1.73. The van der Waals surface area contributed by atoms with E-state index in [1.807, 2.05) is 6.92 Å². The number of esters is 1. The highest BCUT2D eigenvalue weighted by molar-refractivity contribution is 5.86. The summed E-state index contributed by atoms with van der Waals surface area (Å²) >= 11 is 0. The molecule has 0 bridgehead atoms. The van der Waals surface area contributed by atoms with E-state index in [1.54, 1.807) is 24.3 Å². The molecule has 122 valence electrons. The van der Waals surface area contributed by atoms with Crippen LogP contribution in [0.3, 0.4) is 0 Å². The fraction of sp³-hybridized carbons (Fsp3) is 0.267. The zero-order valence-electron chi connectivity index (χ0n) is 12.4. The summed E-state index contributed by atoms with van der Waals surface area (Å²) in [6.45, 7) is 2.61. The Labute approximate surface area is 131 Å². The largest absolute Gasteiger partial charge is 0.494 e. The molecule has 8 nitrogen and oxygen atoms in total. The quantitative estimate of drug-likeness (QED) is 0.319. The number of hydrogen-bond acceptors (Lipinski definition) is 7. The average molecular weight is 321 g/mol. The maximum Gasteiger partial charge on any atom is 0.433 e. The Morgan fingerprint density at radius 2 is 1.74 bits per heavy atom. The molecule has 0 N–H and O–H groups in total. The summed E-state index contributed by atoms with van der Waals surface area (Å²) in [6, 6.07) is 9.30. The number of hydrogen-bond donors (Lipinski definition) is 0. The maximum atomic E-state index is 11.6. The molecule has 23 heavy (non-hydrogen) atoms. The first-order valence-corrected chi connectivity index (χ1v) is 6.87. The van der Waals surface area contributed by atoms with Gasteiger partial charge in [-0.3, -0.25) is 10.1 Å². The minimum absolute atomic E-state index is 0.0134. The number of nitro groups is 1. The zero-order chi connectivity index (χ0) is 16.7. The van der Waals surface area contributed by atoms with E-state index in [0.29, 0.717) is 12.4 Å². The summed E-state index contributed by atoms with van der Waals surface area (Å²) < 4.78 is 20.3. The Hall–Kier alpha value is -3.03. The molecule has 2 rings (SSSR count). The van der Waals surface area contributed by atoms with E-state index in [-0.39, 0.29) is 19.0 Å². The van der Waals surface area contributed by atoms with E-state index >= 15 is 0 Å². The summed E-state index contributed by atoms with van der Waals surface area (Å²) in [5.74, 6) is -0.169. The van der Waals surface area contributed by atoms with Crippen LogP contribution in [0, 0.1) is 10.1 Å². The number of furan rings is 1. The van der Waals surface area contributed by atoms with Crippen LogP contribution in [0.1, 0.15) is 17.5 Å². The van der Waals surface area contributed by atoms with Crippen molar-refractivity contribution >= 4 is 11.9 Å². The molecule has 8 heteroatoms. The van der Waals surface area contributed by atoms with Crippen LogP contribution >= 0.6 is 0 Å². The topological polar surface area (TPSA) is 101 Å². The maximum absolute atomic E-state index is 11.6. The lowest BCUT2D eigenvalue weighted by molar-refractivity contribution is -0.402. The van der Waals surface area contributed by atoms with E-state index in [2.05, 4.69) is 0 Å². The first-order chi connectivity index (χ1) is 11.1. The average Bonchev–Trinajstić information content (AvgIpc) is 3.03. The van der Waals surface area contributed by atoms with Gasteiger partial charge in [0.1, 0.15) is 29.6 Å². The second kappa shape index (κ2) is 7.83. The van der Waals surface area contributed by atoms with Gasteiger partial charge in [-0.15, -0.1) is 0 Å². The van der Waals surface area contributed by atoms with Crippen LogP contribution in [-0.4, -0.2) is 30.7 Å². The highest BCUT2D eigenvalue weighted by Gasteiger charge is 2.18. The molecule has 0 saturated carbocycles. The lowest BCUT2D eigenvalue weighted by atomic mass is 10.3. The highest BCUT2D eigenvalue weighted by Crippen LogP contribution is 2.18. The molecule has 0 fully saturated rings. The number of nitrogens with zero attached hydrogens (tertiary/aromatic N) is 1. The lowest BCUT2D eigenvalue weighted by Gasteiger charge is -2.07. The van der Waals surface area contributed by atoms with Gasteiger partial charge in [-0.05, 0) is 37.3 Å². The summed E-state index contributed by atoms with van der Waals surface area (Å²) in [5, 5.41) is 10.4. The van der Waals surface area contributed by atoms with Gasteiger partial charge in [-0.25, -0.2) is 4.79 Å². The summed E-state index contributed by atoms with van der Waals surface area (Å²) in [6.07, 6.45) is 0. The van der Waals surface area contributed by atoms with E-state index in [4.69, 9.17) is 18.6 Å². The van der Waals surface area contributed by atoms with Crippen LogP contribution in [0.5, 0.6) is 11.5 Å². The fourth-order valence-corrected chi connectivity index (χ4v) is 1.70. The zero-order valence-corrected chi connectivity index (χ0v) is 12.4. The van der Waals surface area contributed by atoms with Gasteiger partial charge in [-0.1, -0.05) is 0 Å². The van der Waals surface area contributed by atoms with Crippen molar-refractivity contribution in [1.82, 2.24) is 0 Å². The molecule has 0 aliphatic carbocycles.